The summed E-state index contributed by atoms with van der Waals surface area (Å²) >= 11 is 7.45. The molecule has 0 rings (SSSR count). The SMILES string of the molecule is [Ca+2].[H-].[H-].[I][Ti]([I])[I].[PbH2]. The second-order valence-electron chi connectivity index (χ2n) is 0.214. The van der Waals surface area contributed by atoms with Gasteiger partial charge in [0.2, 0.25) is 0 Å². The summed E-state index contributed by atoms with van der Waals surface area (Å²) in [5.41, 5.74) is 0. The summed E-state index contributed by atoms with van der Waals surface area (Å²) in [4.78, 5) is 0. The zero-order valence-corrected chi connectivity index (χ0v) is 18.8. The van der Waals surface area contributed by atoms with Gasteiger partial charge in [-0.15, -0.1) is 0 Å². The van der Waals surface area contributed by atoms with Crippen molar-refractivity contribution in [3.05, 3.63) is 0 Å². The van der Waals surface area contributed by atoms with Crippen LogP contribution in [0, 0.1) is 0 Å². The summed E-state index contributed by atoms with van der Waals surface area (Å²) in [7, 11) is 0. The zero-order valence-electron chi connectivity index (χ0n) is 5.05. The van der Waals surface area contributed by atoms with E-state index in [-0.39, 0.29) is 67.9 Å². The Hall–Kier alpha value is 5.09. The third-order valence-electron chi connectivity index (χ3n) is 0. The van der Waals surface area contributed by atoms with E-state index in [2.05, 4.69) is 57.6 Å². The normalized spacial score (nSPS) is 4.50. The van der Waals surface area contributed by atoms with Crippen molar-refractivity contribution in [3.8, 4) is 0 Å². The summed E-state index contributed by atoms with van der Waals surface area (Å²) in [6.07, 6.45) is 0. The van der Waals surface area contributed by atoms with Crippen molar-refractivity contribution in [2.45, 2.75) is 0 Å². The zero-order chi connectivity index (χ0) is 3.58. The van der Waals surface area contributed by atoms with Crippen molar-refractivity contribution in [2.75, 3.05) is 0 Å². The molecule has 0 aromatic heterocycles. The van der Waals surface area contributed by atoms with Crippen molar-refractivity contribution < 1.29 is 9.48 Å². The maximum absolute atomic E-state index is 2.48. The first kappa shape index (κ1) is 17.2. The fraction of sp³-hybridized carbons (Fsp3) is 0. The quantitative estimate of drug-likeness (QED) is 0.270. The monoisotopic (exact) mass is 681 g/mol. The van der Waals surface area contributed by atoms with Crippen LogP contribution in [0.2, 0.25) is 0 Å². The molecule has 0 spiro atoms. The molecule has 0 unspecified atom stereocenters. The van der Waals surface area contributed by atoms with E-state index in [1.54, 1.807) is 0 Å². The van der Waals surface area contributed by atoms with Crippen molar-refractivity contribution in [1.29, 1.82) is 0 Å². The summed E-state index contributed by atoms with van der Waals surface area (Å²) in [6.45, 7) is -0.423. The van der Waals surface area contributed by atoms with Crippen LogP contribution >= 0.6 is 57.6 Å². The fourth-order valence-corrected chi connectivity index (χ4v) is 0. The van der Waals surface area contributed by atoms with Gasteiger partial charge in [-0.1, -0.05) is 0 Å². The molecule has 0 bridgehead atoms. The number of halogens is 3. The molecule has 0 atom stereocenters. The van der Waals surface area contributed by atoms with Gasteiger partial charge in [0.15, 0.2) is 0 Å². The van der Waals surface area contributed by atoms with Crippen LogP contribution in [0.5, 0.6) is 0 Å². The minimum absolute atomic E-state index is 0. The molecular formula is H4CaI3PbTi. The predicted octanol–water partition coefficient (Wildman–Crippen LogP) is 1.58. The Morgan fingerprint density at radius 2 is 1.17 bits per heavy atom. The molecule has 0 nitrogen and oxygen atoms in total. The van der Waals surface area contributed by atoms with Crippen LogP contribution in [0.4, 0.5) is 0 Å². The molecule has 0 fully saturated rings. The Balaban J connectivity index is -0.00000000750. The standard InChI is InChI=1S/Ca.3HI.Pb.Ti.4H/h;3*1H;;;;;;/q+2;;;;;+3;;;2*-1/p-3. The Bertz CT molecular complexity index is 22.0. The molecule has 0 aromatic carbocycles. The van der Waals surface area contributed by atoms with Gasteiger partial charge in [0.05, 0.1) is 0 Å². The Labute approximate surface area is 128 Å². The van der Waals surface area contributed by atoms with Crippen molar-refractivity contribution in [2.24, 2.45) is 0 Å². The number of hydrogen-bond acceptors (Lipinski definition) is 0. The van der Waals surface area contributed by atoms with Gasteiger partial charge in [-0.2, -0.15) is 0 Å². The molecule has 0 N–H and O–H groups in total. The molecule has 0 aliphatic rings. The van der Waals surface area contributed by atoms with E-state index >= 15 is 0 Å². The minimum atomic E-state index is -0.423. The average Bonchev–Trinajstić information content (AvgIpc) is 0.811. The number of rotatable bonds is 0. The van der Waals surface area contributed by atoms with Gasteiger partial charge in [-0.05, 0) is 0 Å². The first-order valence-electron chi connectivity index (χ1n) is 0.567. The van der Waals surface area contributed by atoms with Crippen molar-refractivity contribution in [1.82, 2.24) is 0 Å². The van der Waals surface area contributed by atoms with Crippen LogP contribution in [-0.2, 0) is 6.63 Å². The van der Waals surface area contributed by atoms with Crippen LogP contribution in [-0.4, -0.2) is 65.0 Å². The molecular weight excluding hydrogens is 676 g/mol. The van der Waals surface area contributed by atoms with Gasteiger partial charge < -0.3 is 2.85 Å². The molecule has 0 aliphatic heterocycles. The first-order valence-corrected chi connectivity index (χ1v) is 15.7. The molecule has 2 radical (unpaired) electrons. The van der Waals surface area contributed by atoms with E-state index in [1.807, 2.05) is 0 Å². The van der Waals surface area contributed by atoms with Crippen LogP contribution in [0.1, 0.15) is 2.85 Å². The summed E-state index contributed by atoms with van der Waals surface area (Å²) in [6, 6.07) is 0. The molecule has 0 aromatic rings. The maximum atomic E-state index is 2.48. The third kappa shape index (κ3) is 23.0. The van der Waals surface area contributed by atoms with Crippen molar-refractivity contribution >= 4 is 123 Å². The van der Waals surface area contributed by atoms with Gasteiger partial charge in [0, 0.05) is 0 Å². The van der Waals surface area contributed by atoms with E-state index < -0.39 is 6.63 Å². The molecule has 0 aliphatic carbocycles. The van der Waals surface area contributed by atoms with Crippen molar-refractivity contribution in [3.63, 3.8) is 0 Å². The van der Waals surface area contributed by atoms with Gasteiger partial charge in [-0.25, -0.2) is 0 Å². The van der Waals surface area contributed by atoms with E-state index in [1.165, 1.54) is 0 Å². The van der Waals surface area contributed by atoms with Gasteiger partial charge in [0.1, 0.15) is 0 Å². The summed E-state index contributed by atoms with van der Waals surface area (Å²) < 4.78 is 0. The molecule has 0 amide bonds. The average molecular weight is 680 g/mol. The molecule has 6 heteroatoms. The molecule has 6 heavy (non-hydrogen) atoms. The molecule has 0 saturated carbocycles. The summed E-state index contributed by atoms with van der Waals surface area (Å²) in [5, 5.41) is 0. The Morgan fingerprint density at radius 1 is 1.17 bits per heavy atom. The van der Waals surface area contributed by atoms with Gasteiger partial charge in [0.25, 0.3) is 0 Å². The second-order valence-corrected chi connectivity index (χ2v) is 39.8. The Morgan fingerprint density at radius 3 is 1.17 bits per heavy atom. The predicted molar refractivity (Wildman–Crippen MR) is 58.6 cm³/mol. The molecule has 0 saturated heterocycles. The van der Waals surface area contributed by atoms with Crippen LogP contribution in [0.15, 0.2) is 0 Å². The number of hydrogen-bond donors (Lipinski definition) is 0. The van der Waals surface area contributed by atoms with Crippen LogP contribution in [0.25, 0.3) is 0 Å². The first-order chi connectivity index (χ1) is 1.73. The van der Waals surface area contributed by atoms with E-state index in [0.29, 0.717) is 0 Å². The van der Waals surface area contributed by atoms with E-state index in [0.717, 1.165) is 0 Å². The van der Waals surface area contributed by atoms with Gasteiger partial charge in [-0.3, -0.25) is 0 Å². The third-order valence-corrected chi connectivity index (χ3v) is 0. The Kier molecular flexibility index (Phi) is 36.6. The molecule has 35 valence electrons. The second kappa shape index (κ2) is 12.7. The summed E-state index contributed by atoms with van der Waals surface area (Å²) in [5.74, 6) is 0. The topological polar surface area (TPSA) is 0 Å². The fourth-order valence-electron chi connectivity index (χ4n) is 0. The van der Waals surface area contributed by atoms with Crippen LogP contribution in [0.3, 0.4) is 0 Å². The van der Waals surface area contributed by atoms with Crippen LogP contribution < -0.4 is 0 Å². The van der Waals surface area contributed by atoms with Gasteiger partial charge >= 0.3 is 129 Å². The van der Waals surface area contributed by atoms with E-state index in [4.69, 9.17) is 0 Å². The van der Waals surface area contributed by atoms with E-state index in [9.17, 15) is 0 Å². The molecule has 0 heterocycles.